The SMILES string of the molecule is CSNC(=O)c1nc(Cl)ccc1NC(C)c1cc(C)cc2c(=O)c(-c3cnoc3)c(-c3ccccc3)oc12. The summed E-state index contributed by atoms with van der Waals surface area (Å²) in [6, 6.07) is 16.1. The van der Waals surface area contributed by atoms with Crippen molar-refractivity contribution in [3.8, 4) is 22.5 Å². The molecule has 0 spiro atoms. The molecule has 10 heteroatoms. The van der Waals surface area contributed by atoms with Crippen molar-refractivity contribution < 1.29 is 13.7 Å². The Kier molecular flexibility index (Phi) is 7.22. The summed E-state index contributed by atoms with van der Waals surface area (Å²) in [6.07, 6.45) is 4.68. The molecule has 0 bridgehead atoms. The normalized spacial score (nSPS) is 11.9. The highest BCUT2D eigenvalue weighted by Gasteiger charge is 2.24. The number of aryl methyl sites for hydroxylation is 1. The van der Waals surface area contributed by atoms with Crippen LogP contribution in [0.15, 0.2) is 80.8 Å². The molecule has 5 aromatic rings. The molecule has 38 heavy (non-hydrogen) atoms. The number of carbonyl (C=O) groups excluding carboxylic acids is 1. The van der Waals surface area contributed by atoms with Gasteiger partial charge >= 0.3 is 0 Å². The van der Waals surface area contributed by atoms with E-state index in [1.807, 2.05) is 56.3 Å². The van der Waals surface area contributed by atoms with Crippen LogP contribution in [0.5, 0.6) is 0 Å². The van der Waals surface area contributed by atoms with E-state index in [9.17, 15) is 9.59 Å². The Labute approximate surface area is 227 Å². The van der Waals surface area contributed by atoms with Crippen molar-refractivity contribution in [3.05, 3.63) is 99.3 Å². The van der Waals surface area contributed by atoms with Gasteiger partial charge in [-0.05, 0) is 37.6 Å². The van der Waals surface area contributed by atoms with E-state index in [1.54, 1.807) is 18.4 Å². The average Bonchev–Trinajstić information content (AvgIpc) is 3.44. The highest BCUT2D eigenvalue weighted by Crippen LogP contribution is 2.36. The molecular weight excluding hydrogens is 524 g/mol. The Balaban J connectivity index is 1.69. The second-order valence-corrected chi connectivity index (χ2v) is 9.68. The van der Waals surface area contributed by atoms with Crippen molar-refractivity contribution in [2.24, 2.45) is 0 Å². The Bertz CT molecular complexity index is 1690. The molecule has 0 aliphatic heterocycles. The van der Waals surface area contributed by atoms with Gasteiger partial charge in [0.05, 0.1) is 28.9 Å². The lowest BCUT2D eigenvalue weighted by atomic mass is 9.96. The zero-order chi connectivity index (χ0) is 26.8. The fourth-order valence-electron chi connectivity index (χ4n) is 4.36. The molecule has 0 aliphatic rings. The van der Waals surface area contributed by atoms with E-state index in [1.165, 1.54) is 24.4 Å². The largest absolute Gasteiger partial charge is 0.455 e. The average molecular weight is 547 g/mol. The first kappa shape index (κ1) is 25.6. The number of amides is 1. The van der Waals surface area contributed by atoms with Crippen LogP contribution in [0.3, 0.4) is 0 Å². The number of benzene rings is 2. The first-order chi connectivity index (χ1) is 18.4. The van der Waals surface area contributed by atoms with E-state index in [4.69, 9.17) is 20.5 Å². The summed E-state index contributed by atoms with van der Waals surface area (Å²) in [6.45, 7) is 3.84. The summed E-state index contributed by atoms with van der Waals surface area (Å²) >= 11 is 7.25. The maximum Gasteiger partial charge on any atom is 0.281 e. The van der Waals surface area contributed by atoms with Gasteiger partial charge < -0.3 is 14.3 Å². The number of carbonyl (C=O) groups is 1. The quantitative estimate of drug-likeness (QED) is 0.172. The third kappa shape index (κ3) is 4.90. The minimum Gasteiger partial charge on any atom is -0.455 e. The number of pyridine rings is 1. The second kappa shape index (κ2) is 10.7. The molecule has 1 unspecified atom stereocenters. The van der Waals surface area contributed by atoms with Gasteiger partial charge in [0.1, 0.15) is 22.8 Å². The Morgan fingerprint density at radius 3 is 2.61 bits per heavy atom. The zero-order valence-electron chi connectivity index (χ0n) is 20.7. The Hall–Kier alpha value is -4.08. The molecule has 0 aliphatic carbocycles. The number of nitrogens with zero attached hydrogens (tertiary/aromatic N) is 2. The van der Waals surface area contributed by atoms with Crippen LogP contribution in [-0.4, -0.2) is 22.3 Å². The number of hydrogen-bond donors (Lipinski definition) is 2. The molecule has 192 valence electrons. The van der Waals surface area contributed by atoms with E-state index >= 15 is 0 Å². The van der Waals surface area contributed by atoms with Crippen LogP contribution in [-0.2, 0) is 0 Å². The monoisotopic (exact) mass is 546 g/mol. The smallest absolute Gasteiger partial charge is 0.281 e. The number of hydrogen-bond acceptors (Lipinski definition) is 8. The minimum absolute atomic E-state index is 0.164. The summed E-state index contributed by atoms with van der Waals surface area (Å²) in [5, 5.41) is 7.78. The lowest BCUT2D eigenvalue weighted by Crippen LogP contribution is -2.20. The fraction of sp³-hybridized carbons (Fsp3) is 0.143. The molecule has 0 fully saturated rings. The maximum absolute atomic E-state index is 13.9. The first-order valence-electron chi connectivity index (χ1n) is 11.7. The molecule has 1 atom stereocenters. The van der Waals surface area contributed by atoms with Crippen LogP contribution in [0, 0.1) is 6.92 Å². The molecule has 3 aromatic heterocycles. The van der Waals surface area contributed by atoms with Gasteiger partial charge in [0.2, 0.25) is 5.43 Å². The van der Waals surface area contributed by atoms with Crippen molar-refractivity contribution in [3.63, 3.8) is 0 Å². The van der Waals surface area contributed by atoms with Gasteiger partial charge in [-0.2, -0.15) is 0 Å². The Morgan fingerprint density at radius 2 is 1.89 bits per heavy atom. The second-order valence-electron chi connectivity index (χ2n) is 8.68. The highest BCUT2D eigenvalue weighted by atomic mass is 35.5. The van der Waals surface area contributed by atoms with Gasteiger partial charge in [0.25, 0.3) is 5.91 Å². The summed E-state index contributed by atoms with van der Waals surface area (Å²) in [5.41, 5.74) is 4.18. The van der Waals surface area contributed by atoms with Crippen LogP contribution in [0.25, 0.3) is 33.4 Å². The maximum atomic E-state index is 13.9. The minimum atomic E-state index is -0.375. The van der Waals surface area contributed by atoms with E-state index < -0.39 is 0 Å². The summed E-state index contributed by atoms with van der Waals surface area (Å²) in [5.74, 6) is 0.0388. The zero-order valence-corrected chi connectivity index (χ0v) is 22.3. The van der Waals surface area contributed by atoms with Crippen LogP contribution < -0.4 is 15.5 Å². The van der Waals surface area contributed by atoms with Gasteiger partial charge in [0.15, 0.2) is 5.69 Å². The molecule has 8 nitrogen and oxygen atoms in total. The predicted octanol–water partition coefficient (Wildman–Crippen LogP) is 6.65. The number of anilines is 1. The van der Waals surface area contributed by atoms with Gasteiger partial charge in [-0.15, -0.1) is 0 Å². The molecular formula is C28H23ClN4O4S. The number of fused-ring (bicyclic) bond motifs is 1. The Morgan fingerprint density at radius 1 is 1.11 bits per heavy atom. The number of nitrogens with one attached hydrogen (secondary N) is 2. The fourth-order valence-corrected chi connectivity index (χ4v) is 4.79. The van der Waals surface area contributed by atoms with Crippen molar-refractivity contribution in [1.29, 1.82) is 0 Å². The van der Waals surface area contributed by atoms with Crippen LogP contribution in [0.2, 0.25) is 5.15 Å². The number of rotatable bonds is 7. The van der Waals surface area contributed by atoms with E-state index in [0.717, 1.165) is 16.7 Å². The van der Waals surface area contributed by atoms with Crippen LogP contribution in [0.1, 0.15) is 34.6 Å². The summed E-state index contributed by atoms with van der Waals surface area (Å²) in [7, 11) is 0. The van der Waals surface area contributed by atoms with Gasteiger partial charge in [0, 0.05) is 22.9 Å². The number of aromatic nitrogens is 2. The third-order valence-electron chi connectivity index (χ3n) is 6.03. The molecule has 1 amide bonds. The molecule has 2 aromatic carbocycles. The van der Waals surface area contributed by atoms with E-state index in [-0.39, 0.29) is 28.2 Å². The van der Waals surface area contributed by atoms with Crippen molar-refractivity contribution >= 4 is 46.1 Å². The molecule has 5 rings (SSSR count). The summed E-state index contributed by atoms with van der Waals surface area (Å²) < 4.78 is 14.3. The van der Waals surface area contributed by atoms with Crippen LogP contribution >= 0.6 is 23.5 Å². The lowest BCUT2D eigenvalue weighted by Gasteiger charge is -2.20. The molecule has 3 heterocycles. The third-order valence-corrected chi connectivity index (χ3v) is 6.63. The number of halogens is 1. The van der Waals surface area contributed by atoms with Crippen LogP contribution in [0.4, 0.5) is 5.69 Å². The van der Waals surface area contributed by atoms with Gasteiger partial charge in [-0.25, -0.2) is 4.98 Å². The highest BCUT2D eigenvalue weighted by molar-refractivity contribution is 7.97. The molecule has 2 N–H and O–H groups in total. The topological polar surface area (TPSA) is 110 Å². The molecule has 0 radical (unpaired) electrons. The molecule has 0 saturated heterocycles. The molecule has 0 saturated carbocycles. The van der Waals surface area contributed by atoms with Crippen molar-refractivity contribution in [2.45, 2.75) is 19.9 Å². The van der Waals surface area contributed by atoms with E-state index in [2.05, 4.69) is 20.2 Å². The predicted molar refractivity (Wildman–Crippen MR) is 150 cm³/mol. The summed E-state index contributed by atoms with van der Waals surface area (Å²) in [4.78, 5) is 30.8. The van der Waals surface area contributed by atoms with Crippen molar-refractivity contribution in [2.75, 3.05) is 11.6 Å². The van der Waals surface area contributed by atoms with E-state index in [0.29, 0.717) is 33.5 Å². The van der Waals surface area contributed by atoms with Crippen molar-refractivity contribution in [1.82, 2.24) is 14.9 Å². The van der Waals surface area contributed by atoms with Gasteiger partial charge in [-0.3, -0.25) is 14.3 Å². The van der Waals surface area contributed by atoms with Gasteiger partial charge in [-0.1, -0.05) is 65.1 Å². The lowest BCUT2D eigenvalue weighted by molar-refractivity contribution is 0.0980. The first-order valence-corrected chi connectivity index (χ1v) is 13.3. The standard InChI is InChI=1S/C28H23ClN4O4S/c1-15-11-19(16(2)31-21-9-10-22(29)32-24(21)28(35)33-38-3)27-20(12-15)25(34)23(18-13-30-36-14-18)26(37-27)17-7-5-4-6-8-17/h4-14,16,31H,1-3H3,(H,33,35).